The van der Waals surface area contributed by atoms with Gasteiger partial charge in [-0.05, 0) is 61.7 Å². The number of carbonyl (C=O) groups excluding carboxylic acids is 1. The van der Waals surface area contributed by atoms with Crippen LogP contribution in [0.5, 0.6) is 0 Å². The average molecular weight is 284 g/mol. The second kappa shape index (κ2) is 5.13. The minimum absolute atomic E-state index is 0.280. The number of aryl methyl sites for hydroxylation is 1. The first-order valence-electron chi connectivity index (χ1n) is 8.30. The average Bonchev–Trinajstić information content (AvgIpc) is 3.08. The molecule has 1 amide bonds. The Morgan fingerprint density at radius 1 is 1.33 bits per heavy atom. The maximum Gasteiger partial charge on any atom is 0.226 e. The van der Waals surface area contributed by atoms with Crippen molar-refractivity contribution in [3.63, 3.8) is 0 Å². The largest absolute Gasteiger partial charge is 0.342 e. The van der Waals surface area contributed by atoms with Crippen LogP contribution in [0.15, 0.2) is 24.3 Å². The van der Waals surface area contributed by atoms with Gasteiger partial charge < -0.3 is 10.2 Å². The van der Waals surface area contributed by atoms with Crippen LogP contribution in [-0.2, 0) is 11.2 Å². The summed E-state index contributed by atoms with van der Waals surface area (Å²) in [5, 5.41) is 3.24. The molecule has 1 saturated carbocycles. The van der Waals surface area contributed by atoms with E-state index in [1.165, 1.54) is 17.5 Å². The van der Waals surface area contributed by atoms with Crippen LogP contribution in [-0.4, -0.2) is 37.5 Å². The van der Waals surface area contributed by atoms with E-state index >= 15 is 0 Å². The molecule has 2 aliphatic carbocycles. The predicted molar refractivity (Wildman–Crippen MR) is 83.1 cm³/mol. The number of hydrogen-bond donors (Lipinski definition) is 1. The van der Waals surface area contributed by atoms with E-state index in [1.807, 2.05) is 7.05 Å². The highest BCUT2D eigenvalue weighted by Gasteiger charge is 2.58. The van der Waals surface area contributed by atoms with Gasteiger partial charge in [-0.25, -0.2) is 0 Å². The van der Waals surface area contributed by atoms with Crippen molar-refractivity contribution in [1.82, 2.24) is 10.2 Å². The Bertz CT molecular complexity index is 556. The maximum atomic E-state index is 12.8. The number of carbonyl (C=O) groups is 1. The molecule has 1 saturated heterocycles. The van der Waals surface area contributed by atoms with Crippen molar-refractivity contribution < 1.29 is 4.79 Å². The van der Waals surface area contributed by atoms with Crippen molar-refractivity contribution in [3.8, 4) is 0 Å². The molecule has 1 aromatic carbocycles. The normalized spacial score (nSPS) is 33.5. The number of nitrogens with zero attached hydrogens (tertiary/aromatic N) is 1. The summed E-state index contributed by atoms with van der Waals surface area (Å²) in [6.07, 6.45) is 3.51. The minimum Gasteiger partial charge on any atom is -0.342 e. The van der Waals surface area contributed by atoms with Crippen LogP contribution in [0.1, 0.15) is 29.9 Å². The molecule has 1 N–H and O–H groups in total. The molecule has 21 heavy (non-hydrogen) atoms. The van der Waals surface area contributed by atoms with E-state index in [0.29, 0.717) is 23.7 Å². The molecule has 3 nitrogen and oxygen atoms in total. The van der Waals surface area contributed by atoms with E-state index in [2.05, 4.69) is 34.5 Å². The van der Waals surface area contributed by atoms with E-state index in [4.69, 9.17) is 0 Å². The SMILES string of the molecule is CNCC1CCN(C(=O)C2C3CCc4ccccc4C32)C1. The van der Waals surface area contributed by atoms with Gasteiger partial charge in [-0.2, -0.15) is 0 Å². The highest BCUT2D eigenvalue weighted by molar-refractivity contribution is 5.84. The molecule has 1 heterocycles. The second-order valence-corrected chi connectivity index (χ2v) is 6.95. The predicted octanol–water partition coefficient (Wildman–Crippen LogP) is 2.03. The van der Waals surface area contributed by atoms with Crippen LogP contribution in [0.3, 0.4) is 0 Å². The van der Waals surface area contributed by atoms with Gasteiger partial charge in [0, 0.05) is 19.0 Å². The lowest BCUT2D eigenvalue weighted by Crippen LogP contribution is -2.32. The van der Waals surface area contributed by atoms with Crippen LogP contribution in [0.4, 0.5) is 0 Å². The molecule has 0 aromatic heterocycles. The lowest BCUT2D eigenvalue weighted by atomic mass is 9.92. The molecular formula is C18H24N2O. The number of hydrogen-bond acceptors (Lipinski definition) is 2. The molecule has 0 bridgehead atoms. The molecule has 4 unspecified atom stereocenters. The molecule has 1 aromatic rings. The Morgan fingerprint density at radius 2 is 2.19 bits per heavy atom. The maximum absolute atomic E-state index is 12.8. The van der Waals surface area contributed by atoms with Gasteiger partial charge in [-0.15, -0.1) is 0 Å². The van der Waals surface area contributed by atoms with Crippen LogP contribution >= 0.6 is 0 Å². The Hall–Kier alpha value is -1.35. The smallest absolute Gasteiger partial charge is 0.226 e. The number of rotatable bonds is 3. The lowest BCUT2D eigenvalue weighted by molar-refractivity contribution is -0.132. The summed E-state index contributed by atoms with van der Waals surface area (Å²) in [5.41, 5.74) is 2.93. The molecule has 3 aliphatic rings. The number of likely N-dealkylation sites (tertiary alicyclic amines) is 1. The summed E-state index contributed by atoms with van der Waals surface area (Å²) >= 11 is 0. The van der Waals surface area contributed by atoms with Crippen molar-refractivity contribution in [3.05, 3.63) is 35.4 Å². The zero-order valence-corrected chi connectivity index (χ0v) is 12.7. The Balaban J connectivity index is 1.46. The molecule has 1 aliphatic heterocycles. The third-order valence-corrected chi connectivity index (χ3v) is 5.71. The Kier molecular flexibility index (Phi) is 3.26. The van der Waals surface area contributed by atoms with Crippen LogP contribution in [0.25, 0.3) is 0 Å². The zero-order chi connectivity index (χ0) is 14.4. The van der Waals surface area contributed by atoms with E-state index in [-0.39, 0.29) is 5.92 Å². The van der Waals surface area contributed by atoms with Crippen LogP contribution < -0.4 is 5.32 Å². The van der Waals surface area contributed by atoms with Gasteiger partial charge in [-0.3, -0.25) is 4.79 Å². The number of nitrogens with one attached hydrogen (secondary N) is 1. The van der Waals surface area contributed by atoms with Crippen molar-refractivity contribution in [1.29, 1.82) is 0 Å². The molecule has 3 heteroatoms. The van der Waals surface area contributed by atoms with Crippen molar-refractivity contribution >= 4 is 5.91 Å². The first-order chi connectivity index (χ1) is 10.3. The van der Waals surface area contributed by atoms with Gasteiger partial charge in [0.25, 0.3) is 0 Å². The monoisotopic (exact) mass is 284 g/mol. The summed E-state index contributed by atoms with van der Waals surface area (Å²) in [4.78, 5) is 15.0. The molecular weight excluding hydrogens is 260 g/mol. The van der Waals surface area contributed by atoms with Crippen LogP contribution in [0.2, 0.25) is 0 Å². The minimum atomic E-state index is 0.280. The fourth-order valence-corrected chi connectivity index (χ4v) is 4.60. The van der Waals surface area contributed by atoms with Crippen molar-refractivity contribution in [2.45, 2.75) is 25.2 Å². The number of amides is 1. The fourth-order valence-electron chi connectivity index (χ4n) is 4.60. The van der Waals surface area contributed by atoms with E-state index in [1.54, 1.807) is 0 Å². The topological polar surface area (TPSA) is 32.3 Å². The van der Waals surface area contributed by atoms with Crippen LogP contribution in [0, 0.1) is 17.8 Å². The van der Waals surface area contributed by atoms with E-state index in [9.17, 15) is 4.79 Å². The molecule has 0 radical (unpaired) electrons. The molecule has 4 atom stereocenters. The van der Waals surface area contributed by atoms with Gasteiger partial charge in [0.05, 0.1) is 0 Å². The second-order valence-electron chi connectivity index (χ2n) is 6.95. The quantitative estimate of drug-likeness (QED) is 0.921. The van der Waals surface area contributed by atoms with E-state index < -0.39 is 0 Å². The summed E-state index contributed by atoms with van der Waals surface area (Å²) in [6.45, 7) is 2.95. The zero-order valence-electron chi connectivity index (χ0n) is 12.7. The fraction of sp³-hybridized carbons (Fsp3) is 0.611. The Labute approximate surface area is 126 Å². The molecule has 112 valence electrons. The number of fused-ring (bicyclic) bond motifs is 3. The Morgan fingerprint density at radius 3 is 3.05 bits per heavy atom. The van der Waals surface area contributed by atoms with Gasteiger partial charge in [-0.1, -0.05) is 24.3 Å². The van der Waals surface area contributed by atoms with Gasteiger partial charge in [0.1, 0.15) is 0 Å². The first kappa shape index (κ1) is 13.3. The standard InChI is InChI=1S/C18H24N2O/c1-19-10-12-8-9-20(11-12)18(21)17-15-7-6-13-4-2-3-5-14(13)16(15)17/h2-5,12,15-17,19H,6-11H2,1H3. The highest BCUT2D eigenvalue weighted by atomic mass is 16.2. The summed E-state index contributed by atoms with van der Waals surface area (Å²) < 4.78 is 0. The van der Waals surface area contributed by atoms with Gasteiger partial charge in [0.15, 0.2) is 0 Å². The molecule has 0 spiro atoms. The molecule has 4 rings (SSSR count). The van der Waals surface area contributed by atoms with Gasteiger partial charge >= 0.3 is 0 Å². The lowest BCUT2D eigenvalue weighted by Gasteiger charge is -2.17. The van der Waals surface area contributed by atoms with E-state index in [0.717, 1.165) is 32.5 Å². The third kappa shape index (κ3) is 2.18. The highest BCUT2D eigenvalue weighted by Crippen LogP contribution is 2.60. The third-order valence-electron chi connectivity index (χ3n) is 5.71. The number of benzene rings is 1. The summed E-state index contributed by atoms with van der Waals surface area (Å²) in [6, 6.07) is 8.73. The molecule has 2 fully saturated rings. The first-order valence-corrected chi connectivity index (χ1v) is 8.30. The summed E-state index contributed by atoms with van der Waals surface area (Å²) in [7, 11) is 2.00. The van der Waals surface area contributed by atoms with Gasteiger partial charge in [0.2, 0.25) is 5.91 Å². The van der Waals surface area contributed by atoms with Crippen molar-refractivity contribution in [2.75, 3.05) is 26.7 Å². The van der Waals surface area contributed by atoms with Crippen molar-refractivity contribution in [2.24, 2.45) is 17.8 Å². The summed E-state index contributed by atoms with van der Waals surface area (Å²) in [5.74, 6) is 2.50.